The molecule has 0 saturated heterocycles. The molecule has 0 aliphatic heterocycles. The van der Waals surface area contributed by atoms with Crippen molar-refractivity contribution in [2.75, 3.05) is 6.54 Å². The highest BCUT2D eigenvalue weighted by Gasteiger charge is 2.24. The Hall–Kier alpha value is -0.410. The zero-order valence-electron chi connectivity index (χ0n) is 9.96. The predicted molar refractivity (Wildman–Crippen MR) is 72.3 cm³/mol. The molecular weight excluding hydrogens is 281 g/mol. The van der Waals surface area contributed by atoms with Crippen LogP contribution in [0.3, 0.4) is 0 Å². The molecule has 1 aromatic carbocycles. The average molecular weight is 300 g/mol. The van der Waals surface area contributed by atoms with Crippen molar-refractivity contribution in [2.24, 2.45) is 17.6 Å². The van der Waals surface area contributed by atoms with Gasteiger partial charge in [-0.3, -0.25) is 0 Å². The molecule has 1 nitrogen and oxygen atoms in total. The maximum Gasteiger partial charge on any atom is 0.137 e. The standard InChI is InChI=1S/C14H19BrFN/c15-13-8-10(5-6-14(13)16)7-12(9-17)11-3-1-2-4-11/h5-6,8,11-12H,1-4,7,9,17H2. The van der Waals surface area contributed by atoms with Crippen LogP contribution in [0, 0.1) is 17.7 Å². The normalized spacial score (nSPS) is 18.5. The lowest BCUT2D eigenvalue weighted by Crippen LogP contribution is -2.24. The molecular formula is C14H19BrFN. The van der Waals surface area contributed by atoms with Gasteiger partial charge in [0.05, 0.1) is 4.47 Å². The van der Waals surface area contributed by atoms with Crippen LogP contribution in [0.15, 0.2) is 22.7 Å². The minimum atomic E-state index is -0.195. The van der Waals surface area contributed by atoms with E-state index in [1.165, 1.54) is 37.3 Å². The Morgan fingerprint density at radius 3 is 2.65 bits per heavy atom. The SMILES string of the molecule is NCC(Cc1ccc(F)c(Br)c1)C1CCCC1. The highest BCUT2D eigenvalue weighted by molar-refractivity contribution is 9.10. The van der Waals surface area contributed by atoms with Gasteiger partial charge in [0.1, 0.15) is 5.82 Å². The molecule has 0 radical (unpaired) electrons. The van der Waals surface area contributed by atoms with Crippen LogP contribution in [0.1, 0.15) is 31.2 Å². The third-order valence-electron chi connectivity index (χ3n) is 3.85. The molecule has 0 heterocycles. The second kappa shape index (κ2) is 5.96. The molecule has 3 heteroatoms. The van der Waals surface area contributed by atoms with Crippen molar-refractivity contribution in [3.05, 3.63) is 34.1 Å². The fourth-order valence-corrected chi connectivity index (χ4v) is 3.27. The third-order valence-corrected chi connectivity index (χ3v) is 4.46. The van der Waals surface area contributed by atoms with Crippen LogP contribution in [0.4, 0.5) is 4.39 Å². The Morgan fingerprint density at radius 1 is 1.35 bits per heavy atom. The third kappa shape index (κ3) is 3.29. The van der Waals surface area contributed by atoms with Gasteiger partial charge in [-0.1, -0.05) is 31.7 Å². The largest absolute Gasteiger partial charge is 0.330 e. The molecule has 1 saturated carbocycles. The first-order valence-electron chi connectivity index (χ1n) is 6.34. The lowest BCUT2D eigenvalue weighted by atomic mass is 9.86. The summed E-state index contributed by atoms with van der Waals surface area (Å²) in [5.74, 6) is 1.12. The smallest absolute Gasteiger partial charge is 0.137 e. The molecule has 2 rings (SSSR count). The van der Waals surface area contributed by atoms with Crippen molar-refractivity contribution in [2.45, 2.75) is 32.1 Å². The molecule has 1 aliphatic carbocycles. The van der Waals surface area contributed by atoms with Crippen LogP contribution >= 0.6 is 15.9 Å². The van der Waals surface area contributed by atoms with Crippen LogP contribution < -0.4 is 5.73 Å². The van der Waals surface area contributed by atoms with Gasteiger partial charge < -0.3 is 5.73 Å². The molecule has 1 fully saturated rings. The number of nitrogens with two attached hydrogens (primary N) is 1. The second-order valence-corrected chi connectivity index (χ2v) is 5.85. The predicted octanol–water partition coefficient (Wildman–Crippen LogP) is 3.90. The summed E-state index contributed by atoms with van der Waals surface area (Å²) in [7, 11) is 0. The Morgan fingerprint density at radius 2 is 2.06 bits per heavy atom. The highest BCUT2D eigenvalue weighted by Crippen LogP contribution is 2.33. The van der Waals surface area contributed by atoms with Crippen molar-refractivity contribution in [1.29, 1.82) is 0 Å². The summed E-state index contributed by atoms with van der Waals surface area (Å²) in [6.45, 7) is 0.736. The fraction of sp³-hybridized carbons (Fsp3) is 0.571. The monoisotopic (exact) mass is 299 g/mol. The van der Waals surface area contributed by atoms with Gasteiger partial charge in [0.2, 0.25) is 0 Å². The summed E-state index contributed by atoms with van der Waals surface area (Å²) in [4.78, 5) is 0. The zero-order valence-corrected chi connectivity index (χ0v) is 11.5. The van der Waals surface area contributed by atoms with Crippen molar-refractivity contribution in [3.63, 3.8) is 0 Å². The van der Waals surface area contributed by atoms with Gasteiger partial charge in [-0.2, -0.15) is 0 Å². The number of hydrogen-bond donors (Lipinski definition) is 1. The van der Waals surface area contributed by atoms with Crippen molar-refractivity contribution in [1.82, 2.24) is 0 Å². The summed E-state index contributed by atoms with van der Waals surface area (Å²) in [6, 6.07) is 5.28. The second-order valence-electron chi connectivity index (χ2n) is 4.99. The number of halogens is 2. The molecule has 0 aromatic heterocycles. The average Bonchev–Trinajstić information content (AvgIpc) is 2.84. The summed E-state index contributed by atoms with van der Waals surface area (Å²) in [6.07, 6.45) is 6.27. The summed E-state index contributed by atoms with van der Waals surface area (Å²) in [5, 5.41) is 0. The van der Waals surface area contributed by atoms with E-state index in [-0.39, 0.29) is 5.82 Å². The van der Waals surface area contributed by atoms with Gasteiger partial charge >= 0.3 is 0 Å². The topological polar surface area (TPSA) is 26.0 Å². The Labute approximate surface area is 111 Å². The van der Waals surface area contributed by atoms with E-state index in [2.05, 4.69) is 15.9 Å². The number of rotatable bonds is 4. The van der Waals surface area contributed by atoms with Crippen molar-refractivity contribution >= 4 is 15.9 Å². The Kier molecular flexibility index (Phi) is 4.57. The first-order chi connectivity index (χ1) is 8.20. The molecule has 94 valence electrons. The summed E-state index contributed by atoms with van der Waals surface area (Å²) < 4.78 is 13.7. The maximum atomic E-state index is 13.1. The van der Waals surface area contributed by atoms with E-state index in [1.807, 2.05) is 12.1 Å². The molecule has 1 aromatic rings. The van der Waals surface area contributed by atoms with Crippen LogP contribution in [-0.2, 0) is 6.42 Å². The van der Waals surface area contributed by atoms with Crippen LogP contribution in [0.25, 0.3) is 0 Å². The van der Waals surface area contributed by atoms with E-state index < -0.39 is 0 Å². The lowest BCUT2D eigenvalue weighted by molar-refractivity contribution is 0.344. The minimum Gasteiger partial charge on any atom is -0.330 e. The molecule has 1 aliphatic rings. The lowest BCUT2D eigenvalue weighted by Gasteiger charge is -2.21. The van der Waals surface area contributed by atoms with E-state index >= 15 is 0 Å². The van der Waals surface area contributed by atoms with Gasteiger partial charge in [-0.05, 0) is 58.4 Å². The van der Waals surface area contributed by atoms with E-state index in [0.29, 0.717) is 10.4 Å². The van der Waals surface area contributed by atoms with E-state index in [1.54, 1.807) is 0 Å². The van der Waals surface area contributed by atoms with Gasteiger partial charge in [0, 0.05) is 0 Å². The first kappa shape index (κ1) is 13.0. The molecule has 17 heavy (non-hydrogen) atoms. The van der Waals surface area contributed by atoms with E-state index in [4.69, 9.17) is 5.73 Å². The van der Waals surface area contributed by atoms with Gasteiger partial charge in [0.15, 0.2) is 0 Å². The molecule has 0 bridgehead atoms. The van der Waals surface area contributed by atoms with Gasteiger partial charge in [-0.25, -0.2) is 4.39 Å². The first-order valence-corrected chi connectivity index (χ1v) is 7.14. The fourth-order valence-electron chi connectivity index (χ4n) is 2.84. The minimum absolute atomic E-state index is 0.195. The van der Waals surface area contributed by atoms with Gasteiger partial charge in [0.25, 0.3) is 0 Å². The molecule has 0 amide bonds. The van der Waals surface area contributed by atoms with E-state index in [9.17, 15) is 4.39 Å². The maximum absolute atomic E-state index is 13.1. The summed E-state index contributed by atoms with van der Waals surface area (Å²) >= 11 is 3.24. The number of benzene rings is 1. The molecule has 1 atom stereocenters. The zero-order chi connectivity index (χ0) is 12.3. The quantitative estimate of drug-likeness (QED) is 0.897. The Bertz CT molecular complexity index is 374. The molecule has 2 N–H and O–H groups in total. The molecule has 0 spiro atoms. The highest BCUT2D eigenvalue weighted by atomic mass is 79.9. The van der Waals surface area contributed by atoms with Crippen LogP contribution in [0.2, 0.25) is 0 Å². The van der Waals surface area contributed by atoms with Gasteiger partial charge in [-0.15, -0.1) is 0 Å². The Balaban J connectivity index is 2.04. The molecule has 1 unspecified atom stereocenters. The summed E-state index contributed by atoms with van der Waals surface area (Å²) in [5.41, 5.74) is 7.06. The van der Waals surface area contributed by atoms with E-state index in [0.717, 1.165) is 18.9 Å². The van der Waals surface area contributed by atoms with Crippen molar-refractivity contribution < 1.29 is 4.39 Å². The number of hydrogen-bond acceptors (Lipinski definition) is 1. The van der Waals surface area contributed by atoms with Crippen LogP contribution in [-0.4, -0.2) is 6.54 Å². The van der Waals surface area contributed by atoms with Crippen molar-refractivity contribution in [3.8, 4) is 0 Å². The van der Waals surface area contributed by atoms with Crippen LogP contribution in [0.5, 0.6) is 0 Å².